The molecule has 1 unspecified atom stereocenters. The van der Waals surface area contributed by atoms with Gasteiger partial charge in [-0.05, 0) is 6.16 Å². The Balaban J connectivity index is 0. The van der Waals surface area contributed by atoms with E-state index in [1.165, 1.54) is 0 Å². The zero-order valence-corrected chi connectivity index (χ0v) is 3.65. The Labute approximate surface area is 44.8 Å². The summed E-state index contributed by atoms with van der Waals surface area (Å²) in [5.74, 6) is 0. The predicted molar refractivity (Wildman–Crippen MR) is 31.0 cm³/mol. The smallest absolute Gasteiger partial charge is 0.187 e. The number of rotatable bonds is 1. The lowest BCUT2D eigenvalue weighted by molar-refractivity contribution is 0.646. The fourth-order valence-corrected chi connectivity index (χ4v) is 0. The van der Waals surface area contributed by atoms with Crippen LogP contribution in [0.4, 0.5) is 0 Å². The lowest BCUT2D eigenvalue weighted by Crippen LogP contribution is -1.48. The molecule has 5 heavy (non-hydrogen) atoms. The highest BCUT2D eigenvalue weighted by Gasteiger charge is 1.57. The first-order valence-corrected chi connectivity index (χ1v) is 2.44. The monoisotopic (exact) mass is 108 g/mol. The van der Waals surface area contributed by atoms with Gasteiger partial charge in [0.25, 0.3) is 0 Å². The first kappa shape index (κ1) is 9.33. The molecule has 0 aliphatic heterocycles. The molecule has 0 amide bonds. The van der Waals surface area contributed by atoms with Gasteiger partial charge < -0.3 is 4.89 Å². The van der Waals surface area contributed by atoms with E-state index in [2.05, 4.69) is 0 Å². The van der Waals surface area contributed by atoms with E-state index in [4.69, 9.17) is 4.89 Å². The van der Waals surface area contributed by atoms with Gasteiger partial charge in [0.2, 0.25) is 0 Å². The van der Waals surface area contributed by atoms with Crippen LogP contribution in [0, 0.1) is 0 Å². The Morgan fingerprint density at radius 2 is 2.00 bits per heavy atom. The van der Waals surface area contributed by atoms with E-state index < -0.39 is 0 Å². The zero-order valence-electron chi connectivity index (χ0n) is 2.65. The van der Waals surface area contributed by atoms with Gasteiger partial charge in [0.05, 0.1) is 0 Å². The average Bonchev–Trinajstić information content (AvgIpc) is 1.37. The highest BCUT2D eigenvalue weighted by molar-refractivity contribution is 7.30. The number of hydrogen-bond donors (Lipinski definition) is 1. The minimum absolute atomic E-state index is 0. The van der Waals surface area contributed by atoms with Crippen LogP contribution in [0.2, 0.25) is 0 Å². The SMILES string of the molecule is CCPO.[AlH3]. The zero-order chi connectivity index (χ0) is 3.41. The Morgan fingerprint density at radius 3 is 2.00 bits per heavy atom. The molecule has 0 aliphatic carbocycles. The largest absolute Gasteiger partial charge is 0.377 e. The van der Waals surface area contributed by atoms with Crippen molar-refractivity contribution < 1.29 is 4.89 Å². The third-order valence-corrected chi connectivity index (χ3v) is 0.474. The van der Waals surface area contributed by atoms with E-state index in [1.54, 1.807) is 0 Å². The van der Waals surface area contributed by atoms with Crippen LogP contribution >= 0.6 is 8.81 Å². The van der Waals surface area contributed by atoms with Crippen LogP contribution in [0.25, 0.3) is 0 Å². The standard InChI is InChI=1S/C2H7OP.Al.3H/c1-2-4-3;;;;/h3-4H,2H2,1H3;;;;. The van der Waals surface area contributed by atoms with Crippen molar-refractivity contribution in [3.8, 4) is 0 Å². The summed E-state index contributed by atoms with van der Waals surface area (Å²) in [4.78, 5) is 7.90. The molecule has 0 aliphatic rings. The number of hydrogen-bond acceptors (Lipinski definition) is 1. The van der Waals surface area contributed by atoms with Gasteiger partial charge in [-0.25, -0.2) is 0 Å². The van der Waals surface area contributed by atoms with Gasteiger partial charge in [0.1, 0.15) is 0 Å². The third-order valence-electron chi connectivity index (χ3n) is 0.158. The maximum atomic E-state index is 7.90. The highest BCUT2D eigenvalue weighted by atomic mass is 31.1. The topological polar surface area (TPSA) is 20.2 Å². The van der Waals surface area contributed by atoms with Gasteiger partial charge >= 0.3 is 0 Å². The van der Waals surface area contributed by atoms with Gasteiger partial charge in [0, 0.05) is 8.81 Å². The third kappa shape index (κ3) is 11.4. The van der Waals surface area contributed by atoms with E-state index in [0.717, 1.165) is 6.16 Å². The second kappa shape index (κ2) is 8.87. The summed E-state index contributed by atoms with van der Waals surface area (Å²) in [6.07, 6.45) is 0.903. The minimum atomic E-state index is 0. The van der Waals surface area contributed by atoms with Crippen molar-refractivity contribution in [3.05, 3.63) is 0 Å². The molecular formula is C2H10AlOP. The summed E-state index contributed by atoms with van der Waals surface area (Å²) in [6.45, 7) is 1.94. The van der Waals surface area contributed by atoms with Crippen LogP contribution in [0.1, 0.15) is 6.92 Å². The van der Waals surface area contributed by atoms with Crippen molar-refractivity contribution in [1.82, 2.24) is 0 Å². The summed E-state index contributed by atoms with van der Waals surface area (Å²) in [5, 5.41) is 0. The van der Waals surface area contributed by atoms with Gasteiger partial charge in [-0.3, -0.25) is 0 Å². The molecule has 3 heteroatoms. The van der Waals surface area contributed by atoms with Crippen molar-refractivity contribution in [2.45, 2.75) is 6.92 Å². The maximum Gasteiger partial charge on any atom is 0.187 e. The lowest BCUT2D eigenvalue weighted by atomic mass is 11.0. The molecule has 0 spiro atoms. The van der Waals surface area contributed by atoms with Gasteiger partial charge in [-0.1, -0.05) is 6.92 Å². The molecule has 1 N–H and O–H groups in total. The van der Waals surface area contributed by atoms with Crippen molar-refractivity contribution in [2.75, 3.05) is 6.16 Å². The van der Waals surface area contributed by atoms with Crippen LogP contribution in [0.3, 0.4) is 0 Å². The van der Waals surface area contributed by atoms with Crippen LogP contribution in [0.15, 0.2) is 0 Å². The summed E-state index contributed by atoms with van der Waals surface area (Å²) >= 11 is 0. The minimum Gasteiger partial charge on any atom is -0.377 e. The molecular weight excluding hydrogens is 98.0 g/mol. The first-order valence-electron chi connectivity index (χ1n) is 1.28. The molecule has 32 valence electrons. The van der Waals surface area contributed by atoms with Crippen LogP contribution < -0.4 is 0 Å². The van der Waals surface area contributed by atoms with Gasteiger partial charge in [-0.15, -0.1) is 0 Å². The van der Waals surface area contributed by atoms with Crippen LogP contribution in [0.5, 0.6) is 0 Å². The Morgan fingerprint density at radius 1 is 1.80 bits per heavy atom. The summed E-state index contributed by atoms with van der Waals surface area (Å²) in [5.41, 5.74) is 0. The average molecular weight is 108 g/mol. The van der Waals surface area contributed by atoms with E-state index in [0.29, 0.717) is 0 Å². The van der Waals surface area contributed by atoms with E-state index >= 15 is 0 Å². The summed E-state index contributed by atoms with van der Waals surface area (Å²) in [6, 6.07) is 0. The molecule has 0 radical (unpaired) electrons. The molecule has 0 aromatic heterocycles. The second-order valence-electron chi connectivity index (χ2n) is 0.512. The van der Waals surface area contributed by atoms with Crippen molar-refractivity contribution in [2.24, 2.45) is 0 Å². The molecule has 0 aromatic rings. The van der Waals surface area contributed by atoms with Crippen molar-refractivity contribution in [1.29, 1.82) is 0 Å². The molecule has 0 rings (SSSR count). The second-order valence-corrected chi connectivity index (χ2v) is 1.54. The molecule has 0 bridgehead atoms. The Bertz CT molecular complexity index is 11.6. The maximum absolute atomic E-state index is 7.90. The molecule has 0 aromatic carbocycles. The molecule has 1 atom stereocenters. The Kier molecular flexibility index (Phi) is 16.5. The highest BCUT2D eigenvalue weighted by Crippen LogP contribution is 1.94. The fraction of sp³-hybridized carbons (Fsp3) is 1.00. The van der Waals surface area contributed by atoms with E-state index in [1.807, 2.05) is 6.92 Å². The van der Waals surface area contributed by atoms with Crippen LogP contribution in [-0.4, -0.2) is 28.4 Å². The molecule has 0 saturated heterocycles. The Hall–Kier alpha value is 0.922. The normalized spacial score (nSPS) is 8.40. The van der Waals surface area contributed by atoms with Gasteiger partial charge in [0.15, 0.2) is 17.4 Å². The predicted octanol–water partition coefficient (Wildman–Crippen LogP) is -0.592. The van der Waals surface area contributed by atoms with Crippen molar-refractivity contribution in [3.63, 3.8) is 0 Å². The van der Waals surface area contributed by atoms with Crippen LogP contribution in [-0.2, 0) is 0 Å². The van der Waals surface area contributed by atoms with Crippen molar-refractivity contribution >= 4 is 26.2 Å². The summed E-state index contributed by atoms with van der Waals surface area (Å²) in [7, 11) is 0.140. The first-order chi connectivity index (χ1) is 1.91. The fourth-order valence-electron chi connectivity index (χ4n) is 0. The molecule has 0 saturated carbocycles. The van der Waals surface area contributed by atoms with Gasteiger partial charge in [-0.2, -0.15) is 0 Å². The molecule has 0 fully saturated rings. The van der Waals surface area contributed by atoms with E-state index in [9.17, 15) is 0 Å². The summed E-state index contributed by atoms with van der Waals surface area (Å²) < 4.78 is 0. The molecule has 1 nitrogen and oxygen atoms in total. The quantitative estimate of drug-likeness (QED) is 0.351. The van der Waals surface area contributed by atoms with E-state index in [-0.39, 0.29) is 26.2 Å². The molecule has 0 heterocycles. The lowest BCUT2D eigenvalue weighted by Gasteiger charge is -1.69.